The van der Waals surface area contributed by atoms with Crippen LogP contribution < -0.4 is 20.5 Å². The molecule has 0 radical (unpaired) electrons. The van der Waals surface area contributed by atoms with E-state index in [2.05, 4.69) is 15.5 Å². The summed E-state index contributed by atoms with van der Waals surface area (Å²) in [5.41, 5.74) is 7.49. The van der Waals surface area contributed by atoms with E-state index in [4.69, 9.17) is 15.2 Å². The lowest BCUT2D eigenvalue weighted by Crippen LogP contribution is -2.16. The maximum atomic E-state index is 6.00. The fraction of sp³-hybridized carbons (Fsp3) is 0.385. The van der Waals surface area contributed by atoms with Gasteiger partial charge in [0, 0.05) is 32.1 Å². The van der Waals surface area contributed by atoms with Crippen LogP contribution in [0.15, 0.2) is 18.5 Å². The van der Waals surface area contributed by atoms with Gasteiger partial charge in [-0.15, -0.1) is 10.2 Å². The highest BCUT2D eigenvalue weighted by atomic mass is 16.6. The Bertz CT molecular complexity index is 611. The number of benzene rings is 1. The molecule has 20 heavy (non-hydrogen) atoms. The first-order valence-electron chi connectivity index (χ1n) is 6.50. The van der Waals surface area contributed by atoms with E-state index < -0.39 is 0 Å². The van der Waals surface area contributed by atoms with Crippen LogP contribution in [0.5, 0.6) is 11.5 Å². The van der Waals surface area contributed by atoms with Gasteiger partial charge in [-0.2, -0.15) is 0 Å². The average molecular weight is 275 g/mol. The Kier molecular flexibility index (Phi) is 3.32. The summed E-state index contributed by atoms with van der Waals surface area (Å²) < 4.78 is 12.9. The van der Waals surface area contributed by atoms with Crippen molar-refractivity contribution in [3.8, 4) is 11.5 Å². The van der Waals surface area contributed by atoms with Crippen molar-refractivity contribution in [3.63, 3.8) is 0 Å². The molecule has 0 aliphatic carbocycles. The zero-order valence-corrected chi connectivity index (χ0v) is 11.3. The van der Waals surface area contributed by atoms with Crippen molar-refractivity contribution in [3.05, 3.63) is 24.3 Å². The van der Waals surface area contributed by atoms with E-state index in [0.29, 0.717) is 24.7 Å². The minimum Gasteiger partial charge on any atom is -0.486 e. The summed E-state index contributed by atoms with van der Waals surface area (Å²) in [6.45, 7) is 1.84. The summed E-state index contributed by atoms with van der Waals surface area (Å²) in [6.07, 6.45) is 2.46. The summed E-state index contributed by atoms with van der Waals surface area (Å²) in [5.74, 6) is 2.35. The van der Waals surface area contributed by atoms with Crippen molar-refractivity contribution < 1.29 is 9.47 Å². The Morgan fingerprint density at radius 3 is 2.75 bits per heavy atom. The van der Waals surface area contributed by atoms with Gasteiger partial charge in [-0.3, -0.25) is 0 Å². The lowest BCUT2D eigenvalue weighted by molar-refractivity contribution is 0.172. The number of anilines is 2. The van der Waals surface area contributed by atoms with Gasteiger partial charge >= 0.3 is 0 Å². The minimum absolute atomic E-state index is 0.561. The largest absolute Gasteiger partial charge is 0.486 e. The van der Waals surface area contributed by atoms with Crippen LogP contribution >= 0.6 is 0 Å². The fourth-order valence-electron chi connectivity index (χ4n) is 2.10. The maximum Gasteiger partial charge on any atom is 0.163 e. The first kappa shape index (κ1) is 12.6. The number of rotatable bonds is 4. The van der Waals surface area contributed by atoms with Crippen LogP contribution in [0.25, 0.3) is 0 Å². The molecule has 1 aliphatic rings. The van der Waals surface area contributed by atoms with Gasteiger partial charge in [-0.25, -0.2) is 0 Å². The Morgan fingerprint density at radius 1 is 1.30 bits per heavy atom. The highest BCUT2D eigenvalue weighted by molar-refractivity contribution is 5.72. The molecule has 0 bridgehead atoms. The van der Waals surface area contributed by atoms with Crippen LogP contribution in [0.1, 0.15) is 5.82 Å². The van der Waals surface area contributed by atoms with E-state index in [9.17, 15) is 0 Å². The summed E-state index contributed by atoms with van der Waals surface area (Å²) >= 11 is 0. The van der Waals surface area contributed by atoms with Crippen LogP contribution in [0.2, 0.25) is 0 Å². The third-order valence-electron chi connectivity index (χ3n) is 3.18. The van der Waals surface area contributed by atoms with Gasteiger partial charge in [0.25, 0.3) is 0 Å². The van der Waals surface area contributed by atoms with Crippen molar-refractivity contribution in [1.29, 1.82) is 0 Å². The molecule has 0 amide bonds. The maximum absolute atomic E-state index is 6.00. The third-order valence-corrected chi connectivity index (χ3v) is 3.18. The van der Waals surface area contributed by atoms with E-state index >= 15 is 0 Å². The average Bonchev–Trinajstić information content (AvgIpc) is 2.85. The van der Waals surface area contributed by atoms with E-state index in [1.807, 2.05) is 17.7 Å². The van der Waals surface area contributed by atoms with Gasteiger partial charge in [-0.05, 0) is 0 Å². The lowest BCUT2D eigenvalue weighted by atomic mass is 10.2. The van der Waals surface area contributed by atoms with Gasteiger partial charge in [0.15, 0.2) is 11.5 Å². The highest BCUT2D eigenvalue weighted by Gasteiger charge is 2.14. The number of fused-ring (bicyclic) bond motifs is 1. The summed E-state index contributed by atoms with van der Waals surface area (Å²) in [4.78, 5) is 0. The molecule has 1 aromatic carbocycles. The van der Waals surface area contributed by atoms with E-state index in [0.717, 1.165) is 30.2 Å². The van der Waals surface area contributed by atoms with Crippen LogP contribution in [-0.2, 0) is 13.5 Å². The number of hydrogen-bond donors (Lipinski definition) is 2. The Hall–Kier alpha value is -2.44. The number of aromatic nitrogens is 3. The topological polar surface area (TPSA) is 87.2 Å². The molecule has 0 fully saturated rings. The second-order valence-corrected chi connectivity index (χ2v) is 4.62. The molecule has 7 nitrogen and oxygen atoms in total. The number of nitrogens with two attached hydrogens (primary N) is 1. The standard InChI is InChI=1S/C13H17N5O2/c1-18-8-16-17-13(18)2-3-15-10-7-12-11(6-9(10)14)19-4-5-20-12/h6-8,15H,2-5,14H2,1H3. The summed E-state index contributed by atoms with van der Waals surface area (Å²) in [7, 11) is 1.92. The molecule has 3 N–H and O–H groups in total. The number of aryl methyl sites for hydroxylation is 1. The highest BCUT2D eigenvalue weighted by Crippen LogP contribution is 2.36. The molecule has 3 rings (SSSR count). The van der Waals surface area contributed by atoms with E-state index in [1.54, 1.807) is 12.4 Å². The quantitative estimate of drug-likeness (QED) is 0.803. The zero-order chi connectivity index (χ0) is 13.9. The number of nitrogens with zero attached hydrogens (tertiary/aromatic N) is 3. The van der Waals surface area contributed by atoms with Gasteiger partial charge in [-0.1, -0.05) is 0 Å². The van der Waals surface area contributed by atoms with Crippen molar-refractivity contribution in [2.24, 2.45) is 7.05 Å². The smallest absolute Gasteiger partial charge is 0.163 e. The van der Waals surface area contributed by atoms with Crippen molar-refractivity contribution >= 4 is 11.4 Å². The molecule has 1 aliphatic heterocycles. The predicted octanol–water partition coefficient (Wildman–Crippen LogP) is 0.823. The Balaban J connectivity index is 1.67. The Morgan fingerprint density at radius 2 is 2.05 bits per heavy atom. The second-order valence-electron chi connectivity index (χ2n) is 4.62. The molecule has 1 aromatic heterocycles. The summed E-state index contributed by atoms with van der Waals surface area (Å²) in [6, 6.07) is 3.67. The minimum atomic E-state index is 0.561. The molecule has 0 saturated heterocycles. The van der Waals surface area contributed by atoms with Gasteiger partial charge in [0.05, 0.1) is 11.4 Å². The molecule has 106 valence electrons. The third kappa shape index (κ3) is 2.47. The molecule has 2 aromatic rings. The number of hydrogen-bond acceptors (Lipinski definition) is 6. The molecule has 0 saturated carbocycles. The molecular formula is C13H17N5O2. The first-order valence-corrected chi connectivity index (χ1v) is 6.50. The first-order chi connectivity index (χ1) is 9.74. The van der Waals surface area contributed by atoms with Gasteiger partial charge in [0.2, 0.25) is 0 Å². The van der Waals surface area contributed by atoms with Crippen LogP contribution in [0.3, 0.4) is 0 Å². The normalized spacial score (nSPS) is 13.2. The van der Waals surface area contributed by atoms with Crippen LogP contribution in [0, 0.1) is 0 Å². The van der Waals surface area contributed by atoms with Crippen molar-refractivity contribution in [2.45, 2.75) is 6.42 Å². The molecule has 0 spiro atoms. The molecule has 0 atom stereocenters. The van der Waals surface area contributed by atoms with Crippen molar-refractivity contribution in [2.75, 3.05) is 30.8 Å². The lowest BCUT2D eigenvalue weighted by Gasteiger charge is -2.20. The van der Waals surface area contributed by atoms with E-state index in [1.165, 1.54) is 0 Å². The monoisotopic (exact) mass is 275 g/mol. The Labute approximate surface area is 116 Å². The number of ether oxygens (including phenoxy) is 2. The van der Waals surface area contributed by atoms with Crippen LogP contribution in [-0.4, -0.2) is 34.5 Å². The second kappa shape index (κ2) is 5.28. The number of nitrogens with one attached hydrogen (secondary N) is 1. The van der Waals surface area contributed by atoms with E-state index in [-0.39, 0.29) is 0 Å². The summed E-state index contributed by atoms with van der Waals surface area (Å²) in [5, 5.41) is 11.2. The SMILES string of the molecule is Cn1cnnc1CCNc1cc2c(cc1N)OCCO2. The number of nitrogen functional groups attached to an aromatic ring is 1. The molecular weight excluding hydrogens is 258 g/mol. The van der Waals surface area contributed by atoms with Gasteiger partial charge in [0.1, 0.15) is 25.4 Å². The van der Waals surface area contributed by atoms with Crippen LogP contribution in [0.4, 0.5) is 11.4 Å². The van der Waals surface area contributed by atoms with Crippen molar-refractivity contribution in [1.82, 2.24) is 14.8 Å². The molecule has 2 heterocycles. The molecule has 7 heteroatoms. The zero-order valence-electron chi connectivity index (χ0n) is 11.3. The van der Waals surface area contributed by atoms with Gasteiger partial charge < -0.3 is 25.1 Å². The fourth-order valence-corrected chi connectivity index (χ4v) is 2.10. The predicted molar refractivity (Wildman–Crippen MR) is 75.0 cm³/mol. The molecule has 0 unspecified atom stereocenters.